The van der Waals surface area contributed by atoms with E-state index in [0.717, 1.165) is 58.2 Å². The summed E-state index contributed by atoms with van der Waals surface area (Å²) in [5, 5.41) is 38.5. The van der Waals surface area contributed by atoms with Gasteiger partial charge in [0.1, 0.15) is 23.7 Å². The highest BCUT2D eigenvalue weighted by atomic mass is 79.9. The lowest BCUT2D eigenvalue weighted by molar-refractivity contribution is -0.145. The molecular formula is C60H79BrN6O20S2. The molecule has 89 heavy (non-hydrogen) atoms. The summed E-state index contributed by atoms with van der Waals surface area (Å²) in [6.07, 6.45) is 1.47. The summed E-state index contributed by atoms with van der Waals surface area (Å²) < 4.78 is 95.3. The highest BCUT2D eigenvalue weighted by molar-refractivity contribution is 9.09. The fourth-order valence-electron chi connectivity index (χ4n) is 11.1. The first-order chi connectivity index (χ1) is 42.7. The van der Waals surface area contributed by atoms with Gasteiger partial charge in [0.15, 0.2) is 19.2 Å². The van der Waals surface area contributed by atoms with Gasteiger partial charge in [-0.2, -0.15) is 0 Å². The molecule has 4 aromatic rings. The van der Waals surface area contributed by atoms with Gasteiger partial charge in [-0.1, -0.05) is 123 Å². The highest BCUT2D eigenvalue weighted by Crippen LogP contribution is 2.35. The minimum Gasteiger partial charge on any atom is -0.508 e. The van der Waals surface area contributed by atoms with Gasteiger partial charge in [0.2, 0.25) is 5.91 Å². The number of aromatic hydroxyl groups is 1. The standard InChI is InChI=1S/C30H39N3O10S.C28H36N2O9S.C2H4BrNO/c31-28(35)19-40-22-11-6-12-23(16-22)44(37,38)33(43-21-9-4-5-10-21)17-26(34)25(15-20-7-2-1-3-8-20)32-30(36)42-27-18-41-29-24(27)13-14-39-29;31-20-9-6-12-22(16-20)40(34,35)30(39-21-10-4-5-11-21)17-25(32)24(15-19-7-2-1-3-8-19)29-28(33)38-26-18-37-27-23(26)13-14-36-27;3-1-2(4)5/h1-3,6-8,11-12,16,21,24-27,29,34H,4-5,9-10,13-15,17-19H2,(H2,31,35)(H,32,36);1-3,6-9,12,16,21,23-27,31-32H,4-5,10-11,13-15,17-18H2,(H,29,33);1H2,(H2,4,5)/t24-,25-,26+,27?,29+;23-,24-,25+,26?,27+;/m00./s1. The summed E-state index contributed by atoms with van der Waals surface area (Å²) in [7, 11) is -8.58. The number of nitrogens with one attached hydrogen (secondary N) is 2. The average Bonchev–Trinajstić information content (AvgIpc) is 2.48. The Labute approximate surface area is 525 Å². The van der Waals surface area contributed by atoms with E-state index in [-0.39, 0.29) is 88.9 Å². The van der Waals surface area contributed by atoms with Crippen LogP contribution in [0, 0.1) is 11.8 Å². The highest BCUT2D eigenvalue weighted by Gasteiger charge is 2.46. The van der Waals surface area contributed by atoms with Gasteiger partial charge in [0.25, 0.3) is 26.0 Å². The van der Waals surface area contributed by atoms with Crippen LogP contribution < -0.4 is 26.8 Å². The van der Waals surface area contributed by atoms with Gasteiger partial charge in [-0.15, -0.1) is 0 Å². The second-order valence-corrected chi connectivity index (χ2v) is 26.5. The third kappa shape index (κ3) is 20.2. The molecule has 0 radical (unpaired) electrons. The Balaban J connectivity index is 0.000000215. The SMILES string of the molecule is NC(=O)CBr.NC(=O)COc1cccc(S(=O)(=O)N(C[C@@H](O)[C@H](Cc2ccccc2)NC(=O)OC2CO[C@H]3OCC[C@@H]23)OC2CCCC2)c1.O=C(N[C@@H](Cc1ccccc1)[C@H](O)CN(OC1CCCC1)S(=O)(=O)c1cccc(O)c1)OC1CO[C@H]2OCC[C@@H]12. The number of aliphatic hydroxyl groups excluding tert-OH is 2. The number of fused-ring (bicyclic) bond motifs is 2. The summed E-state index contributed by atoms with van der Waals surface area (Å²) in [4.78, 5) is 58.4. The number of phenols is 1. The number of hydrogen-bond donors (Lipinski definition) is 7. The lowest BCUT2D eigenvalue weighted by Crippen LogP contribution is -2.51. The van der Waals surface area contributed by atoms with Crippen molar-refractivity contribution in [1.82, 2.24) is 19.6 Å². The van der Waals surface area contributed by atoms with Crippen LogP contribution in [0.3, 0.4) is 0 Å². The average molecular weight is 1350 g/mol. The van der Waals surface area contributed by atoms with Crippen LogP contribution in [0.5, 0.6) is 11.5 Å². The summed E-state index contributed by atoms with van der Waals surface area (Å²) in [6, 6.07) is 27.5. The first-order valence-corrected chi connectivity index (χ1v) is 33.6. The Kier molecular flexibility index (Phi) is 25.8. The Hall–Kier alpha value is -6.06. The number of nitrogens with zero attached hydrogens (tertiary/aromatic N) is 2. The summed E-state index contributed by atoms with van der Waals surface area (Å²) in [5.74, 6) is -1.24. The number of aliphatic hydroxyl groups is 2. The van der Waals surface area contributed by atoms with E-state index < -0.39 is 101 Å². The molecule has 488 valence electrons. The molecule has 2 aliphatic carbocycles. The van der Waals surface area contributed by atoms with Crippen LogP contribution in [-0.2, 0) is 80.6 Å². The molecule has 6 fully saturated rings. The van der Waals surface area contributed by atoms with Crippen molar-refractivity contribution >= 4 is 60.0 Å². The summed E-state index contributed by atoms with van der Waals surface area (Å²) >= 11 is 2.84. The van der Waals surface area contributed by atoms with Crippen LogP contribution in [-0.4, -0.2) is 178 Å². The van der Waals surface area contributed by atoms with Crippen LogP contribution in [0.4, 0.5) is 9.59 Å². The van der Waals surface area contributed by atoms with E-state index in [9.17, 15) is 51.3 Å². The molecule has 4 amide bonds. The van der Waals surface area contributed by atoms with Crippen LogP contribution >= 0.6 is 15.9 Å². The van der Waals surface area contributed by atoms with Crippen molar-refractivity contribution in [2.24, 2.45) is 23.3 Å². The fourth-order valence-corrected chi connectivity index (χ4v) is 13.8. The maximum absolute atomic E-state index is 13.9. The van der Waals surface area contributed by atoms with E-state index in [2.05, 4.69) is 32.3 Å². The number of carbonyl (C=O) groups excluding carboxylic acids is 4. The number of hydrogen-bond acceptors (Lipinski definition) is 20. The second-order valence-electron chi connectivity index (χ2n) is 22.3. The van der Waals surface area contributed by atoms with Gasteiger partial charge in [-0.05, 0) is 92.8 Å². The number of carbonyl (C=O) groups is 4. The largest absolute Gasteiger partial charge is 0.508 e. The maximum atomic E-state index is 13.9. The van der Waals surface area contributed by atoms with E-state index in [4.69, 9.17) is 48.6 Å². The lowest BCUT2D eigenvalue weighted by Gasteiger charge is -2.31. The first kappa shape index (κ1) is 68.8. The van der Waals surface area contributed by atoms with Gasteiger partial charge in [-0.3, -0.25) is 19.3 Å². The molecule has 6 aliphatic rings. The molecule has 0 aromatic heterocycles. The third-order valence-electron chi connectivity index (χ3n) is 15.7. The molecule has 2 unspecified atom stereocenters. The third-order valence-corrected chi connectivity index (χ3v) is 19.5. The predicted molar refractivity (Wildman–Crippen MR) is 321 cm³/mol. The fraction of sp³-hybridized carbons (Fsp3) is 0.533. The minimum absolute atomic E-state index is 0.0500. The molecule has 4 aromatic carbocycles. The van der Waals surface area contributed by atoms with Crippen molar-refractivity contribution in [1.29, 1.82) is 0 Å². The molecule has 29 heteroatoms. The van der Waals surface area contributed by atoms with Crippen LogP contribution in [0.2, 0.25) is 0 Å². The number of benzene rings is 4. The van der Waals surface area contributed by atoms with Gasteiger partial charge in [-0.25, -0.2) is 26.4 Å². The Bertz CT molecular complexity index is 3150. The number of hydroxylamine groups is 2. The van der Waals surface area contributed by atoms with Crippen molar-refractivity contribution in [2.75, 3.05) is 51.5 Å². The normalized spacial score (nSPS) is 23.0. The van der Waals surface area contributed by atoms with Crippen molar-refractivity contribution in [2.45, 2.75) is 148 Å². The summed E-state index contributed by atoms with van der Waals surface area (Å²) in [6.45, 7) is 0.145. The Morgan fingerprint density at radius 1 is 0.584 bits per heavy atom. The molecule has 2 saturated carbocycles. The van der Waals surface area contributed by atoms with E-state index >= 15 is 0 Å². The van der Waals surface area contributed by atoms with Gasteiger partial charge < -0.3 is 70.6 Å². The van der Waals surface area contributed by atoms with Crippen molar-refractivity contribution in [3.63, 3.8) is 0 Å². The quantitative estimate of drug-likeness (QED) is 0.0337. The number of primary amides is 2. The molecule has 10 rings (SSSR count). The molecular weight excluding hydrogens is 1270 g/mol. The van der Waals surface area contributed by atoms with Crippen molar-refractivity contribution < 1.29 is 94.2 Å². The molecule has 9 N–H and O–H groups in total. The second kappa shape index (κ2) is 33.3. The number of ether oxygens (including phenoxy) is 7. The predicted octanol–water partition coefficient (Wildman–Crippen LogP) is 4.46. The lowest BCUT2D eigenvalue weighted by atomic mass is 10.0. The first-order valence-electron chi connectivity index (χ1n) is 29.6. The molecule has 10 atom stereocenters. The topological polar surface area (TPSA) is 363 Å². The minimum atomic E-state index is -4.33. The Morgan fingerprint density at radius 2 is 1.01 bits per heavy atom. The van der Waals surface area contributed by atoms with Gasteiger partial charge in [0, 0.05) is 6.07 Å². The van der Waals surface area contributed by atoms with Gasteiger partial charge in [0.05, 0.1) is 103 Å². The zero-order valence-corrected chi connectivity index (χ0v) is 52.2. The number of rotatable bonds is 26. The number of alkyl halides is 1. The smallest absolute Gasteiger partial charge is 0.407 e. The number of amides is 4. The monoisotopic (exact) mass is 1350 g/mol. The van der Waals surface area contributed by atoms with E-state index in [0.29, 0.717) is 45.3 Å². The number of sulfonamides is 2. The van der Waals surface area contributed by atoms with E-state index in [1.807, 2.05) is 60.7 Å². The Morgan fingerprint density at radius 3 is 1.43 bits per heavy atom. The van der Waals surface area contributed by atoms with Crippen molar-refractivity contribution in [3.05, 3.63) is 120 Å². The van der Waals surface area contributed by atoms with Crippen LogP contribution in [0.15, 0.2) is 119 Å². The van der Waals surface area contributed by atoms with Crippen molar-refractivity contribution in [3.8, 4) is 11.5 Å². The van der Waals surface area contributed by atoms with E-state index in [1.54, 1.807) is 0 Å². The van der Waals surface area contributed by atoms with Crippen LogP contribution in [0.1, 0.15) is 75.3 Å². The maximum Gasteiger partial charge on any atom is 0.407 e. The van der Waals surface area contributed by atoms with Gasteiger partial charge >= 0.3 is 12.2 Å². The van der Waals surface area contributed by atoms with Crippen LogP contribution in [0.25, 0.3) is 0 Å². The molecule has 26 nitrogen and oxygen atoms in total. The molecule has 4 saturated heterocycles. The number of nitrogens with two attached hydrogens (primary N) is 2. The number of phenolic OH excluding ortho intramolecular Hbond substituents is 1. The number of halogens is 1. The summed E-state index contributed by atoms with van der Waals surface area (Å²) in [5.41, 5.74) is 11.4. The zero-order valence-electron chi connectivity index (χ0n) is 49.0. The number of alkyl carbamates (subject to hydrolysis) is 2. The molecule has 4 aliphatic heterocycles. The zero-order chi connectivity index (χ0) is 63.5. The molecule has 0 spiro atoms. The van der Waals surface area contributed by atoms with E-state index in [1.165, 1.54) is 42.5 Å². The molecule has 4 heterocycles. The molecule has 0 bridgehead atoms.